The SMILES string of the molecule is COc1c(C2CNC(=O)C2)ccc(F)c1F. The van der Waals surface area contributed by atoms with E-state index in [0.29, 0.717) is 12.1 Å². The van der Waals surface area contributed by atoms with Gasteiger partial charge in [0.05, 0.1) is 7.11 Å². The Balaban J connectivity index is 2.40. The van der Waals surface area contributed by atoms with Crippen LogP contribution >= 0.6 is 0 Å². The molecular weight excluding hydrogens is 216 g/mol. The van der Waals surface area contributed by atoms with Crippen LogP contribution < -0.4 is 10.1 Å². The third-order valence-electron chi connectivity index (χ3n) is 2.70. The average molecular weight is 227 g/mol. The fourth-order valence-corrected chi connectivity index (χ4v) is 1.90. The first-order chi connectivity index (χ1) is 7.63. The molecule has 1 heterocycles. The van der Waals surface area contributed by atoms with Gasteiger partial charge >= 0.3 is 0 Å². The molecule has 1 saturated heterocycles. The van der Waals surface area contributed by atoms with Gasteiger partial charge in [0.1, 0.15) is 0 Å². The number of amides is 1. The van der Waals surface area contributed by atoms with Crippen molar-refractivity contribution in [2.75, 3.05) is 13.7 Å². The largest absolute Gasteiger partial charge is 0.493 e. The van der Waals surface area contributed by atoms with Crippen molar-refractivity contribution in [3.63, 3.8) is 0 Å². The van der Waals surface area contributed by atoms with Gasteiger partial charge in [-0.1, -0.05) is 6.07 Å². The number of halogens is 2. The summed E-state index contributed by atoms with van der Waals surface area (Å²) in [5.41, 5.74) is 0.528. The Morgan fingerprint density at radius 3 is 2.75 bits per heavy atom. The number of hydrogen-bond donors (Lipinski definition) is 1. The van der Waals surface area contributed by atoms with Crippen molar-refractivity contribution >= 4 is 5.91 Å². The molecule has 0 spiro atoms. The van der Waals surface area contributed by atoms with Gasteiger partial charge in [0.25, 0.3) is 0 Å². The van der Waals surface area contributed by atoms with Gasteiger partial charge in [-0.3, -0.25) is 4.79 Å². The molecule has 16 heavy (non-hydrogen) atoms. The van der Waals surface area contributed by atoms with Crippen molar-refractivity contribution in [2.45, 2.75) is 12.3 Å². The van der Waals surface area contributed by atoms with Crippen LogP contribution in [0.15, 0.2) is 12.1 Å². The Morgan fingerprint density at radius 1 is 1.44 bits per heavy atom. The van der Waals surface area contributed by atoms with E-state index in [-0.39, 0.29) is 24.0 Å². The Bertz CT molecular complexity index is 434. The summed E-state index contributed by atoms with van der Waals surface area (Å²) in [4.78, 5) is 11.1. The van der Waals surface area contributed by atoms with Gasteiger partial charge in [-0.05, 0) is 6.07 Å². The van der Waals surface area contributed by atoms with E-state index >= 15 is 0 Å². The van der Waals surface area contributed by atoms with Crippen LogP contribution in [0.2, 0.25) is 0 Å². The Labute approximate surface area is 91.4 Å². The van der Waals surface area contributed by atoms with Gasteiger partial charge in [-0.2, -0.15) is 4.39 Å². The summed E-state index contributed by atoms with van der Waals surface area (Å²) in [7, 11) is 1.28. The zero-order valence-corrected chi connectivity index (χ0v) is 8.72. The Morgan fingerprint density at radius 2 is 2.19 bits per heavy atom. The zero-order chi connectivity index (χ0) is 11.7. The summed E-state index contributed by atoms with van der Waals surface area (Å²) in [6, 6.07) is 2.51. The number of benzene rings is 1. The van der Waals surface area contributed by atoms with E-state index in [1.165, 1.54) is 13.2 Å². The van der Waals surface area contributed by atoms with Crippen molar-refractivity contribution in [2.24, 2.45) is 0 Å². The molecule has 1 N–H and O–H groups in total. The van der Waals surface area contributed by atoms with Crippen LogP contribution in [0.3, 0.4) is 0 Å². The third-order valence-corrected chi connectivity index (χ3v) is 2.70. The predicted molar refractivity (Wildman–Crippen MR) is 53.3 cm³/mol. The molecule has 5 heteroatoms. The van der Waals surface area contributed by atoms with Crippen molar-refractivity contribution in [1.29, 1.82) is 0 Å². The minimum absolute atomic E-state index is 0.0863. The number of nitrogens with one attached hydrogen (secondary N) is 1. The maximum Gasteiger partial charge on any atom is 0.220 e. The predicted octanol–water partition coefficient (Wildman–Crippen LogP) is 1.58. The first-order valence-electron chi connectivity index (χ1n) is 4.92. The second-order valence-corrected chi connectivity index (χ2v) is 3.69. The second-order valence-electron chi connectivity index (χ2n) is 3.69. The van der Waals surface area contributed by atoms with Crippen LogP contribution in [0, 0.1) is 11.6 Å². The highest BCUT2D eigenvalue weighted by molar-refractivity contribution is 5.79. The first-order valence-corrected chi connectivity index (χ1v) is 4.92. The van der Waals surface area contributed by atoms with Crippen molar-refractivity contribution in [3.8, 4) is 5.75 Å². The smallest absolute Gasteiger partial charge is 0.220 e. The van der Waals surface area contributed by atoms with Crippen molar-refractivity contribution in [3.05, 3.63) is 29.3 Å². The van der Waals surface area contributed by atoms with E-state index in [4.69, 9.17) is 4.74 Å². The van der Waals surface area contributed by atoms with E-state index in [1.807, 2.05) is 0 Å². The van der Waals surface area contributed by atoms with Gasteiger partial charge < -0.3 is 10.1 Å². The summed E-state index contributed by atoms with van der Waals surface area (Å²) in [5.74, 6) is -2.30. The van der Waals surface area contributed by atoms with Crippen LogP contribution in [0.4, 0.5) is 8.78 Å². The number of carbonyl (C=O) groups excluding carboxylic acids is 1. The molecule has 0 bridgehead atoms. The van der Waals surface area contributed by atoms with Gasteiger partial charge in [-0.25, -0.2) is 4.39 Å². The molecule has 1 fully saturated rings. The molecule has 86 valence electrons. The molecule has 1 aliphatic heterocycles. The number of hydrogen-bond acceptors (Lipinski definition) is 2. The van der Waals surface area contributed by atoms with Crippen LogP contribution in [-0.2, 0) is 4.79 Å². The van der Waals surface area contributed by atoms with Gasteiger partial charge in [0.15, 0.2) is 11.6 Å². The number of methoxy groups -OCH3 is 1. The quantitative estimate of drug-likeness (QED) is 0.833. The van der Waals surface area contributed by atoms with E-state index in [9.17, 15) is 13.6 Å². The maximum absolute atomic E-state index is 13.4. The van der Waals surface area contributed by atoms with Crippen molar-refractivity contribution in [1.82, 2.24) is 5.32 Å². The lowest BCUT2D eigenvalue weighted by Gasteiger charge is -2.13. The lowest BCUT2D eigenvalue weighted by molar-refractivity contribution is -0.119. The zero-order valence-electron chi connectivity index (χ0n) is 8.72. The van der Waals surface area contributed by atoms with Crippen molar-refractivity contribution < 1.29 is 18.3 Å². The third kappa shape index (κ3) is 1.73. The lowest BCUT2D eigenvalue weighted by atomic mass is 9.97. The fraction of sp³-hybridized carbons (Fsp3) is 0.364. The minimum Gasteiger partial charge on any atom is -0.493 e. The Kier molecular flexibility index (Phi) is 2.77. The molecule has 1 atom stereocenters. The molecule has 1 unspecified atom stereocenters. The summed E-state index contributed by atoms with van der Waals surface area (Å²) in [5, 5.41) is 2.64. The minimum atomic E-state index is -1.00. The van der Waals surface area contributed by atoms with E-state index < -0.39 is 11.6 Å². The molecular formula is C11H11F2NO2. The normalized spacial score (nSPS) is 19.7. The second kappa shape index (κ2) is 4.08. The van der Waals surface area contributed by atoms with E-state index in [0.717, 1.165) is 6.07 Å². The number of rotatable bonds is 2. The van der Waals surface area contributed by atoms with E-state index in [1.54, 1.807) is 0 Å². The fourth-order valence-electron chi connectivity index (χ4n) is 1.90. The van der Waals surface area contributed by atoms with Crippen LogP contribution in [0.25, 0.3) is 0 Å². The van der Waals surface area contributed by atoms with Gasteiger partial charge in [0, 0.05) is 24.4 Å². The van der Waals surface area contributed by atoms with Gasteiger partial charge in [0.2, 0.25) is 11.7 Å². The standard InChI is InChI=1S/C11H11F2NO2/c1-16-11-7(2-3-8(12)10(11)13)6-4-9(15)14-5-6/h2-3,6H,4-5H2,1H3,(H,14,15). The van der Waals surface area contributed by atoms with E-state index in [2.05, 4.69) is 5.32 Å². The molecule has 0 aromatic heterocycles. The number of carbonyl (C=O) groups is 1. The summed E-state index contributed by atoms with van der Waals surface area (Å²) in [6.45, 7) is 0.431. The molecule has 1 aliphatic rings. The molecule has 0 aliphatic carbocycles. The van der Waals surface area contributed by atoms with Crippen LogP contribution in [-0.4, -0.2) is 19.6 Å². The first kappa shape index (κ1) is 10.9. The van der Waals surface area contributed by atoms with Gasteiger partial charge in [-0.15, -0.1) is 0 Å². The summed E-state index contributed by atoms with van der Waals surface area (Å²) < 4.78 is 31.2. The highest BCUT2D eigenvalue weighted by Crippen LogP contribution is 2.33. The highest BCUT2D eigenvalue weighted by Gasteiger charge is 2.27. The molecule has 2 rings (SSSR count). The Hall–Kier alpha value is -1.65. The number of ether oxygens (including phenoxy) is 1. The molecule has 3 nitrogen and oxygen atoms in total. The lowest BCUT2D eigenvalue weighted by Crippen LogP contribution is -2.13. The topological polar surface area (TPSA) is 38.3 Å². The molecule has 1 aromatic rings. The molecule has 1 amide bonds. The maximum atomic E-state index is 13.4. The molecule has 1 aromatic carbocycles. The summed E-state index contributed by atoms with van der Waals surface area (Å²) in [6.07, 6.45) is 0.279. The molecule has 0 saturated carbocycles. The molecule has 0 radical (unpaired) electrons. The summed E-state index contributed by atoms with van der Waals surface area (Å²) >= 11 is 0. The monoisotopic (exact) mass is 227 g/mol. The van der Waals surface area contributed by atoms with Crippen LogP contribution in [0.1, 0.15) is 17.9 Å². The average Bonchev–Trinajstić information content (AvgIpc) is 2.68. The highest BCUT2D eigenvalue weighted by atomic mass is 19.2. The van der Waals surface area contributed by atoms with Crippen LogP contribution in [0.5, 0.6) is 5.75 Å².